The molecule has 3 rings (SSSR count). The van der Waals surface area contributed by atoms with Crippen LogP contribution in [-0.4, -0.2) is 30.6 Å². The van der Waals surface area contributed by atoms with Crippen molar-refractivity contribution in [3.63, 3.8) is 0 Å². The predicted molar refractivity (Wildman–Crippen MR) is 82.4 cm³/mol. The van der Waals surface area contributed by atoms with Crippen LogP contribution < -0.4 is 5.56 Å². The van der Waals surface area contributed by atoms with E-state index in [2.05, 4.69) is 15.0 Å². The third-order valence-electron chi connectivity index (χ3n) is 3.26. The Morgan fingerprint density at radius 3 is 2.86 bits per heavy atom. The van der Waals surface area contributed by atoms with Crippen LogP contribution in [0.25, 0.3) is 22.3 Å². The summed E-state index contributed by atoms with van der Waals surface area (Å²) in [6.45, 7) is 0. The summed E-state index contributed by atoms with van der Waals surface area (Å²) in [6, 6.07) is 4.84. The van der Waals surface area contributed by atoms with Crippen LogP contribution >= 0.6 is 12.2 Å². The molecule has 8 heteroatoms. The monoisotopic (exact) mass is 314 g/mol. The molecule has 0 atom stereocenters. The van der Waals surface area contributed by atoms with E-state index in [1.165, 1.54) is 10.6 Å². The van der Waals surface area contributed by atoms with E-state index >= 15 is 0 Å². The highest BCUT2D eigenvalue weighted by Crippen LogP contribution is 2.22. The number of carbonyl (C=O) groups is 1. The van der Waals surface area contributed by atoms with Crippen LogP contribution in [0.1, 0.15) is 10.4 Å². The van der Waals surface area contributed by atoms with Crippen molar-refractivity contribution in [3.05, 3.63) is 51.3 Å². The Balaban J connectivity index is 2.50. The average Bonchev–Trinajstić information content (AvgIpc) is 2.52. The smallest absolute Gasteiger partial charge is 0.336 e. The Bertz CT molecular complexity index is 1010. The van der Waals surface area contributed by atoms with Gasteiger partial charge < -0.3 is 9.67 Å². The van der Waals surface area contributed by atoms with Gasteiger partial charge in [0.25, 0.3) is 5.56 Å². The molecule has 0 aliphatic carbocycles. The molecule has 3 heterocycles. The summed E-state index contributed by atoms with van der Waals surface area (Å²) in [7, 11) is 1.62. The first kappa shape index (κ1) is 14.1. The number of rotatable bonds is 2. The number of carboxylic acid groups (broad SMARTS) is 1. The van der Waals surface area contributed by atoms with E-state index < -0.39 is 11.5 Å². The minimum Gasteiger partial charge on any atom is -0.478 e. The lowest BCUT2D eigenvalue weighted by atomic mass is 10.1. The van der Waals surface area contributed by atoms with Crippen LogP contribution in [-0.2, 0) is 7.05 Å². The molecule has 0 aliphatic rings. The van der Waals surface area contributed by atoms with Crippen LogP contribution in [0.2, 0.25) is 0 Å². The van der Waals surface area contributed by atoms with Gasteiger partial charge in [-0.3, -0.25) is 14.8 Å². The van der Waals surface area contributed by atoms with Crippen molar-refractivity contribution in [1.82, 2.24) is 19.5 Å². The van der Waals surface area contributed by atoms with Crippen LogP contribution in [0.4, 0.5) is 0 Å². The molecule has 0 bridgehead atoms. The molecule has 7 nitrogen and oxygen atoms in total. The zero-order chi connectivity index (χ0) is 15.9. The van der Waals surface area contributed by atoms with E-state index in [1.807, 2.05) is 0 Å². The predicted octanol–water partition coefficient (Wildman–Crippen LogP) is 1.75. The Kier molecular flexibility index (Phi) is 3.30. The van der Waals surface area contributed by atoms with Gasteiger partial charge in [-0.1, -0.05) is 0 Å². The van der Waals surface area contributed by atoms with Gasteiger partial charge in [0.05, 0.1) is 16.6 Å². The zero-order valence-corrected chi connectivity index (χ0v) is 12.2. The van der Waals surface area contributed by atoms with E-state index in [1.54, 1.807) is 31.6 Å². The molecule has 0 aromatic carbocycles. The molecule has 22 heavy (non-hydrogen) atoms. The number of nitrogens with zero attached hydrogens (tertiary/aromatic N) is 3. The van der Waals surface area contributed by atoms with Gasteiger partial charge in [-0.25, -0.2) is 9.78 Å². The maximum absolute atomic E-state index is 12.1. The normalized spacial score (nSPS) is 10.8. The zero-order valence-electron chi connectivity index (χ0n) is 11.4. The van der Waals surface area contributed by atoms with Crippen molar-refractivity contribution < 1.29 is 9.90 Å². The Hall–Kier alpha value is -2.87. The molecule has 2 N–H and O–H groups in total. The standard InChI is InChI=1S/C14H10N4O3S/c1-18-11-10(12(19)17-14(18)22)8(13(20)21)5-9(16-11)7-3-2-4-15-6-7/h2-6H,1H3,(H,20,21)(H,17,19,22). The van der Waals surface area contributed by atoms with E-state index in [-0.39, 0.29) is 21.4 Å². The Morgan fingerprint density at radius 1 is 1.45 bits per heavy atom. The van der Waals surface area contributed by atoms with Crippen molar-refractivity contribution in [3.8, 4) is 11.3 Å². The third kappa shape index (κ3) is 2.19. The van der Waals surface area contributed by atoms with Gasteiger partial charge >= 0.3 is 5.97 Å². The number of aromatic carboxylic acids is 1. The van der Waals surface area contributed by atoms with Gasteiger partial charge in [-0.05, 0) is 30.4 Å². The lowest BCUT2D eigenvalue weighted by Crippen LogP contribution is -2.17. The molecular weight excluding hydrogens is 304 g/mol. The molecule has 0 saturated heterocycles. The van der Waals surface area contributed by atoms with Crippen LogP contribution in [0.3, 0.4) is 0 Å². The largest absolute Gasteiger partial charge is 0.478 e. The van der Waals surface area contributed by atoms with E-state index in [0.717, 1.165) is 0 Å². The Labute approximate surface area is 128 Å². The number of fused-ring (bicyclic) bond motifs is 1. The van der Waals surface area contributed by atoms with Crippen molar-refractivity contribution in [1.29, 1.82) is 0 Å². The first-order valence-corrected chi connectivity index (χ1v) is 6.67. The van der Waals surface area contributed by atoms with Crippen molar-refractivity contribution in [2.45, 2.75) is 0 Å². The van der Waals surface area contributed by atoms with Crippen molar-refractivity contribution in [2.75, 3.05) is 0 Å². The van der Waals surface area contributed by atoms with Crippen molar-refractivity contribution in [2.24, 2.45) is 7.05 Å². The number of hydrogen-bond acceptors (Lipinski definition) is 5. The first-order valence-electron chi connectivity index (χ1n) is 6.27. The van der Waals surface area contributed by atoms with Gasteiger partial charge in [0.1, 0.15) is 5.65 Å². The summed E-state index contributed by atoms with van der Waals surface area (Å²) in [5, 5.41) is 9.40. The average molecular weight is 314 g/mol. The van der Waals surface area contributed by atoms with E-state index in [4.69, 9.17) is 12.2 Å². The summed E-state index contributed by atoms with van der Waals surface area (Å²) in [6.07, 6.45) is 3.18. The third-order valence-corrected chi connectivity index (χ3v) is 3.63. The second kappa shape index (κ2) is 5.15. The number of nitrogens with one attached hydrogen (secondary N) is 1. The number of carboxylic acids is 1. The number of aryl methyl sites for hydroxylation is 1. The van der Waals surface area contributed by atoms with Gasteiger partial charge in [0, 0.05) is 25.0 Å². The molecule has 3 aromatic rings. The second-order valence-electron chi connectivity index (χ2n) is 4.62. The van der Waals surface area contributed by atoms with E-state index in [9.17, 15) is 14.7 Å². The summed E-state index contributed by atoms with van der Waals surface area (Å²) in [5.41, 5.74) is 0.579. The molecule has 0 unspecified atom stereocenters. The van der Waals surface area contributed by atoms with Crippen molar-refractivity contribution >= 4 is 29.2 Å². The van der Waals surface area contributed by atoms with Gasteiger partial charge in [0.2, 0.25) is 0 Å². The van der Waals surface area contributed by atoms with Crippen LogP contribution in [0.5, 0.6) is 0 Å². The highest BCUT2D eigenvalue weighted by molar-refractivity contribution is 7.71. The minimum absolute atomic E-state index is 0.00348. The van der Waals surface area contributed by atoms with Crippen LogP contribution in [0.15, 0.2) is 35.4 Å². The number of pyridine rings is 2. The minimum atomic E-state index is -1.21. The number of hydrogen-bond donors (Lipinski definition) is 2. The Morgan fingerprint density at radius 2 is 2.23 bits per heavy atom. The van der Waals surface area contributed by atoms with Crippen LogP contribution in [0, 0.1) is 4.77 Å². The van der Waals surface area contributed by atoms with Gasteiger partial charge in [-0.2, -0.15) is 0 Å². The summed E-state index contributed by atoms with van der Waals surface area (Å²) >= 11 is 5.04. The number of H-pyrrole nitrogens is 1. The fraction of sp³-hybridized carbons (Fsp3) is 0.0714. The summed E-state index contributed by atoms with van der Waals surface area (Å²) < 4.78 is 1.64. The topological polar surface area (TPSA) is 101 Å². The van der Waals surface area contributed by atoms with Gasteiger partial charge in [0.15, 0.2) is 4.77 Å². The molecule has 0 radical (unpaired) electrons. The molecule has 0 saturated carbocycles. The maximum atomic E-state index is 12.1. The molecule has 0 fully saturated rings. The number of aromatic nitrogens is 4. The first-order chi connectivity index (χ1) is 10.5. The number of aromatic amines is 1. The SMILES string of the molecule is Cn1c(=S)[nH]c(=O)c2c(C(=O)O)cc(-c3cccnc3)nc21. The molecule has 110 valence electrons. The molecule has 0 spiro atoms. The molecular formula is C14H10N4O3S. The summed E-state index contributed by atoms with van der Waals surface area (Å²) in [5.74, 6) is -1.21. The van der Waals surface area contributed by atoms with E-state index in [0.29, 0.717) is 11.3 Å². The maximum Gasteiger partial charge on any atom is 0.336 e. The molecule has 3 aromatic heterocycles. The highest BCUT2D eigenvalue weighted by Gasteiger charge is 2.17. The van der Waals surface area contributed by atoms with Gasteiger partial charge in [-0.15, -0.1) is 0 Å². The molecule has 0 amide bonds. The summed E-state index contributed by atoms with van der Waals surface area (Å²) in [4.78, 5) is 34.4. The highest BCUT2D eigenvalue weighted by atomic mass is 32.1. The fourth-order valence-electron chi connectivity index (χ4n) is 2.17. The molecule has 0 aliphatic heterocycles. The second-order valence-corrected chi connectivity index (χ2v) is 5.01. The lowest BCUT2D eigenvalue weighted by molar-refractivity contribution is 0.0699. The fourth-order valence-corrected chi connectivity index (χ4v) is 2.35. The lowest BCUT2D eigenvalue weighted by Gasteiger charge is -2.09. The quantitative estimate of drug-likeness (QED) is 0.699.